The summed E-state index contributed by atoms with van der Waals surface area (Å²) in [5, 5.41) is 9.23. The largest absolute Gasteiger partial charge is 0.480 e. The van der Waals surface area contributed by atoms with E-state index in [0.717, 1.165) is 25.7 Å². The first-order valence-corrected chi connectivity index (χ1v) is 7.66. The number of ether oxygens (including phenoxy) is 1. The van der Waals surface area contributed by atoms with E-state index in [9.17, 15) is 14.7 Å². The standard InChI is InChI=1S/C15H26N2O4/c1-15(2)6-4-11(5-7-15)16(3)14(20)17-8-9-21-10-12(17)13(18)19/h11-12H,4-10H2,1-3H3,(H,18,19). The van der Waals surface area contributed by atoms with E-state index in [4.69, 9.17) is 4.74 Å². The van der Waals surface area contributed by atoms with Crippen molar-refractivity contribution in [3.63, 3.8) is 0 Å². The van der Waals surface area contributed by atoms with Crippen LogP contribution in [0, 0.1) is 5.41 Å². The molecule has 6 heteroatoms. The number of urea groups is 1. The first-order valence-electron chi connectivity index (χ1n) is 7.66. The van der Waals surface area contributed by atoms with Crippen LogP contribution in [-0.2, 0) is 9.53 Å². The van der Waals surface area contributed by atoms with Crippen LogP contribution in [0.15, 0.2) is 0 Å². The molecule has 2 fully saturated rings. The molecule has 0 aromatic carbocycles. The molecular weight excluding hydrogens is 272 g/mol. The lowest BCUT2D eigenvalue weighted by Crippen LogP contribution is -2.57. The summed E-state index contributed by atoms with van der Waals surface area (Å²) < 4.78 is 5.18. The SMILES string of the molecule is CN(C(=O)N1CCOCC1C(=O)O)C1CCC(C)(C)CC1. The number of carbonyl (C=O) groups is 2. The minimum atomic E-state index is -0.999. The van der Waals surface area contributed by atoms with Crippen molar-refractivity contribution in [1.82, 2.24) is 9.80 Å². The smallest absolute Gasteiger partial charge is 0.328 e. The third-order valence-corrected chi connectivity index (χ3v) is 4.82. The fourth-order valence-electron chi connectivity index (χ4n) is 3.17. The molecule has 0 aromatic heterocycles. The highest BCUT2D eigenvalue weighted by Gasteiger charge is 2.37. The number of aliphatic carboxylic acids is 1. The molecule has 21 heavy (non-hydrogen) atoms. The fourth-order valence-corrected chi connectivity index (χ4v) is 3.17. The number of hydrogen-bond acceptors (Lipinski definition) is 3. The van der Waals surface area contributed by atoms with Crippen molar-refractivity contribution >= 4 is 12.0 Å². The summed E-state index contributed by atoms with van der Waals surface area (Å²) in [6, 6.07) is -0.841. The predicted octanol–water partition coefficient (Wildman–Crippen LogP) is 1.79. The highest BCUT2D eigenvalue weighted by Crippen LogP contribution is 2.36. The van der Waals surface area contributed by atoms with Crippen LogP contribution in [0.25, 0.3) is 0 Å². The van der Waals surface area contributed by atoms with Gasteiger partial charge in [0.25, 0.3) is 0 Å². The fraction of sp³-hybridized carbons (Fsp3) is 0.867. The summed E-state index contributed by atoms with van der Waals surface area (Å²) in [6.45, 7) is 5.34. The van der Waals surface area contributed by atoms with E-state index in [1.165, 1.54) is 4.90 Å². The van der Waals surface area contributed by atoms with Gasteiger partial charge in [-0.3, -0.25) is 0 Å². The van der Waals surface area contributed by atoms with Gasteiger partial charge in [0.05, 0.1) is 13.2 Å². The predicted molar refractivity (Wildman–Crippen MR) is 78.1 cm³/mol. The summed E-state index contributed by atoms with van der Waals surface area (Å²) in [7, 11) is 1.79. The number of rotatable bonds is 2. The maximum atomic E-state index is 12.6. The number of morpholine rings is 1. The number of carbonyl (C=O) groups excluding carboxylic acids is 1. The summed E-state index contributed by atoms with van der Waals surface area (Å²) >= 11 is 0. The van der Waals surface area contributed by atoms with Crippen LogP contribution >= 0.6 is 0 Å². The Morgan fingerprint density at radius 3 is 2.48 bits per heavy atom. The van der Waals surface area contributed by atoms with Crippen molar-refractivity contribution < 1.29 is 19.4 Å². The van der Waals surface area contributed by atoms with Gasteiger partial charge in [0.15, 0.2) is 6.04 Å². The van der Waals surface area contributed by atoms with Gasteiger partial charge in [-0.2, -0.15) is 0 Å². The normalized spacial score (nSPS) is 26.4. The van der Waals surface area contributed by atoms with E-state index in [-0.39, 0.29) is 18.7 Å². The van der Waals surface area contributed by atoms with Gasteiger partial charge < -0.3 is 19.6 Å². The second-order valence-corrected chi connectivity index (χ2v) is 6.91. The topological polar surface area (TPSA) is 70.1 Å². The summed E-state index contributed by atoms with van der Waals surface area (Å²) in [4.78, 5) is 27.0. The van der Waals surface area contributed by atoms with Crippen molar-refractivity contribution in [2.75, 3.05) is 26.8 Å². The summed E-state index contributed by atoms with van der Waals surface area (Å²) in [5.41, 5.74) is 0.350. The molecule has 1 aliphatic carbocycles. The van der Waals surface area contributed by atoms with E-state index in [0.29, 0.717) is 18.6 Å². The van der Waals surface area contributed by atoms with E-state index >= 15 is 0 Å². The lowest BCUT2D eigenvalue weighted by Gasteiger charge is -2.42. The summed E-state index contributed by atoms with van der Waals surface area (Å²) in [5.74, 6) is -0.999. The molecule has 2 amide bonds. The molecule has 120 valence electrons. The minimum Gasteiger partial charge on any atom is -0.480 e. The highest BCUT2D eigenvalue weighted by atomic mass is 16.5. The Balaban J connectivity index is 1.99. The Hall–Kier alpha value is -1.30. The third-order valence-electron chi connectivity index (χ3n) is 4.82. The molecule has 2 aliphatic rings. The van der Waals surface area contributed by atoms with E-state index in [1.54, 1.807) is 11.9 Å². The molecule has 1 saturated carbocycles. The van der Waals surface area contributed by atoms with Crippen LogP contribution in [0.5, 0.6) is 0 Å². The molecule has 1 heterocycles. The van der Waals surface area contributed by atoms with E-state index < -0.39 is 12.0 Å². The van der Waals surface area contributed by atoms with Crippen molar-refractivity contribution in [3.05, 3.63) is 0 Å². The van der Waals surface area contributed by atoms with Crippen molar-refractivity contribution in [3.8, 4) is 0 Å². The minimum absolute atomic E-state index is 0.0760. The zero-order valence-corrected chi connectivity index (χ0v) is 13.2. The molecule has 0 radical (unpaired) electrons. The van der Waals surface area contributed by atoms with Crippen molar-refractivity contribution in [2.45, 2.75) is 51.6 Å². The van der Waals surface area contributed by atoms with Crippen molar-refractivity contribution in [1.29, 1.82) is 0 Å². The molecule has 1 aliphatic heterocycles. The van der Waals surface area contributed by atoms with Gasteiger partial charge >= 0.3 is 12.0 Å². The van der Waals surface area contributed by atoms with E-state index in [2.05, 4.69) is 13.8 Å². The summed E-state index contributed by atoms with van der Waals surface area (Å²) in [6.07, 6.45) is 4.16. The molecule has 1 unspecified atom stereocenters. The van der Waals surface area contributed by atoms with Crippen LogP contribution in [0.3, 0.4) is 0 Å². The van der Waals surface area contributed by atoms with Gasteiger partial charge in [0, 0.05) is 19.6 Å². The second kappa shape index (κ2) is 6.22. The first kappa shape index (κ1) is 16.1. The van der Waals surface area contributed by atoms with Crippen LogP contribution in [0.4, 0.5) is 4.79 Å². The van der Waals surface area contributed by atoms with E-state index in [1.807, 2.05) is 0 Å². The first-order chi connectivity index (χ1) is 9.82. The zero-order chi connectivity index (χ0) is 15.6. The molecule has 6 nitrogen and oxygen atoms in total. The van der Waals surface area contributed by atoms with Gasteiger partial charge in [-0.05, 0) is 31.1 Å². The maximum absolute atomic E-state index is 12.6. The Morgan fingerprint density at radius 2 is 1.90 bits per heavy atom. The number of amides is 2. The van der Waals surface area contributed by atoms with Crippen LogP contribution in [0.2, 0.25) is 0 Å². The Kier molecular flexibility index (Phi) is 4.76. The zero-order valence-electron chi connectivity index (χ0n) is 13.2. The number of nitrogens with zero attached hydrogens (tertiary/aromatic N) is 2. The van der Waals surface area contributed by atoms with Gasteiger partial charge in [-0.15, -0.1) is 0 Å². The van der Waals surface area contributed by atoms with Crippen LogP contribution in [0.1, 0.15) is 39.5 Å². The Morgan fingerprint density at radius 1 is 1.29 bits per heavy atom. The molecule has 2 rings (SSSR count). The number of carboxylic acid groups (broad SMARTS) is 1. The molecular formula is C15H26N2O4. The Bertz CT molecular complexity index is 400. The molecule has 1 atom stereocenters. The quantitative estimate of drug-likeness (QED) is 0.844. The number of hydrogen-bond donors (Lipinski definition) is 1. The van der Waals surface area contributed by atoms with Crippen LogP contribution < -0.4 is 0 Å². The monoisotopic (exact) mass is 298 g/mol. The lowest BCUT2D eigenvalue weighted by molar-refractivity contribution is -0.147. The van der Waals surface area contributed by atoms with Gasteiger partial charge in [0.2, 0.25) is 0 Å². The van der Waals surface area contributed by atoms with Gasteiger partial charge in [0.1, 0.15) is 0 Å². The van der Waals surface area contributed by atoms with Gasteiger partial charge in [-0.1, -0.05) is 13.8 Å². The molecule has 0 bridgehead atoms. The van der Waals surface area contributed by atoms with Crippen LogP contribution in [-0.4, -0.2) is 65.8 Å². The molecule has 1 saturated heterocycles. The average Bonchev–Trinajstić information content (AvgIpc) is 2.45. The highest BCUT2D eigenvalue weighted by molar-refractivity contribution is 5.83. The van der Waals surface area contributed by atoms with Crippen molar-refractivity contribution in [2.24, 2.45) is 5.41 Å². The lowest BCUT2D eigenvalue weighted by atomic mass is 9.75. The average molecular weight is 298 g/mol. The Labute approximate surface area is 126 Å². The maximum Gasteiger partial charge on any atom is 0.328 e. The third kappa shape index (κ3) is 3.67. The second-order valence-electron chi connectivity index (χ2n) is 6.91. The molecule has 1 N–H and O–H groups in total. The molecule has 0 spiro atoms. The number of carboxylic acids is 1. The molecule has 0 aromatic rings. The van der Waals surface area contributed by atoms with Gasteiger partial charge in [-0.25, -0.2) is 9.59 Å².